The molecule has 0 aliphatic heterocycles. The molecule has 1 aromatic heterocycles. The van der Waals surface area contributed by atoms with E-state index in [4.69, 9.17) is 10.8 Å². The van der Waals surface area contributed by atoms with Crippen LogP contribution in [0.25, 0.3) is 10.9 Å². The van der Waals surface area contributed by atoms with E-state index in [1.54, 1.807) is 0 Å². The van der Waals surface area contributed by atoms with Crippen LogP contribution in [-0.2, 0) is 21.2 Å². The maximum absolute atomic E-state index is 11.8. The fourth-order valence-corrected chi connectivity index (χ4v) is 3.21. The Kier molecular flexibility index (Phi) is 5.17. The molecule has 0 spiro atoms. The Morgan fingerprint density at radius 3 is 2.77 bits per heavy atom. The lowest BCUT2D eigenvalue weighted by Gasteiger charge is -2.08. The fourth-order valence-electron chi connectivity index (χ4n) is 2.09. The zero-order valence-corrected chi connectivity index (χ0v) is 12.8. The van der Waals surface area contributed by atoms with Crippen molar-refractivity contribution in [3.8, 4) is 0 Å². The first-order valence-electron chi connectivity index (χ1n) is 6.90. The van der Waals surface area contributed by atoms with Gasteiger partial charge < -0.3 is 15.8 Å². The molecule has 0 bridgehead atoms. The largest absolute Gasteiger partial charge is 0.480 e. The Morgan fingerprint density at radius 1 is 1.36 bits per heavy atom. The van der Waals surface area contributed by atoms with E-state index in [9.17, 15) is 13.2 Å². The van der Waals surface area contributed by atoms with Crippen molar-refractivity contribution in [3.63, 3.8) is 0 Å². The molecule has 1 atom stereocenters. The lowest BCUT2D eigenvalue weighted by atomic mass is 10.2. The highest BCUT2D eigenvalue weighted by atomic mass is 32.2. The van der Waals surface area contributed by atoms with Crippen LogP contribution >= 0.6 is 0 Å². The molecule has 2 aromatic rings. The Bertz CT molecular complexity index is 721. The van der Waals surface area contributed by atoms with E-state index < -0.39 is 22.0 Å². The molecule has 22 heavy (non-hydrogen) atoms. The first kappa shape index (κ1) is 16.5. The molecule has 0 aliphatic carbocycles. The van der Waals surface area contributed by atoms with Gasteiger partial charge in [-0.05, 0) is 23.9 Å². The van der Waals surface area contributed by atoms with E-state index in [1.807, 2.05) is 30.3 Å². The number of para-hydroxylation sites is 1. The van der Waals surface area contributed by atoms with Gasteiger partial charge in [-0.2, -0.15) is 0 Å². The summed E-state index contributed by atoms with van der Waals surface area (Å²) < 4.78 is 26.0. The Labute approximate surface area is 128 Å². The number of hydrogen-bond donors (Lipinski definition) is 4. The van der Waals surface area contributed by atoms with Gasteiger partial charge >= 0.3 is 5.97 Å². The van der Waals surface area contributed by atoms with Crippen LogP contribution in [0.3, 0.4) is 0 Å². The lowest BCUT2D eigenvalue weighted by molar-refractivity contribution is -0.138. The Balaban J connectivity index is 1.83. The monoisotopic (exact) mass is 325 g/mol. The summed E-state index contributed by atoms with van der Waals surface area (Å²) in [5.74, 6) is -1.50. The second-order valence-electron chi connectivity index (χ2n) is 5.08. The van der Waals surface area contributed by atoms with Crippen molar-refractivity contribution < 1.29 is 18.3 Å². The number of aromatic amines is 1. The standard InChI is InChI=1S/C14H19N3O4S/c15-12(14(18)19)6-8-22(20,21)16-7-5-11-9-10-3-1-2-4-13(10)17-11/h1-4,9,12,16-17H,5-8,15H2,(H,18,19)/t12-/m0/s1. The second kappa shape index (κ2) is 6.91. The SMILES string of the molecule is N[C@@H](CCS(=O)(=O)NCCc1cc2ccccc2[nH]1)C(=O)O. The van der Waals surface area contributed by atoms with Crippen LogP contribution in [0.1, 0.15) is 12.1 Å². The number of hydrogen-bond acceptors (Lipinski definition) is 4. The summed E-state index contributed by atoms with van der Waals surface area (Å²) in [6.07, 6.45) is 0.413. The third-order valence-corrected chi connectivity index (χ3v) is 4.73. The van der Waals surface area contributed by atoms with E-state index in [-0.39, 0.29) is 18.7 Å². The van der Waals surface area contributed by atoms with E-state index >= 15 is 0 Å². The van der Waals surface area contributed by atoms with Crippen LogP contribution < -0.4 is 10.5 Å². The number of nitrogens with one attached hydrogen (secondary N) is 2. The number of nitrogens with two attached hydrogens (primary N) is 1. The molecule has 0 amide bonds. The van der Waals surface area contributed by atoms with E-state index in [0.717, 1.165) is 16.6 Å². The lowest BCUT2D eigenvalue weighted by Crippen LogP contribution is -2.35. The highest BCUT2D eigenvalue weighted by Crippen LogP contribution is 2.14. The molecule has 0 saturated heterocycles. The molecular weight excluding hydrogens is 306 g/mol. The molecule has 7 nitrogen and oxygen atoms in total. The minimum Gasteiger partial charge on any atom is -0.480 e. The fraction of sp³-hybridized carbons (Fsp3) is 0.357. The smallest absolute Gasteiger partial charge is 0.320 e. The molecule has 5 N–H and O–H groups in total. The highest BCUT2D eigenvalue weighted by molar-refractivity contribution is 7.89. The predicted molar refractivity (Wildman–Crippen MR) is 84.0 cm³/mol. The minimum absolute atomic E-state index is 0.114. The maximum Gasteiger partial charge on any atom is 0.320 e. The van der Waals surface area contributed by atoms with Gasteiger partial charge in [0.1, 0.15) is 6.04 Å². The van der Waals surface area contributed by atoms with Gasteiger partial charge in [-0.1, -0.05) is 18.2 Å². The van der Waals surface area contributed by atoms with Crippen LogP contribution in [0.15, 0.2) is 30.3 Å². The van der Waals surface area contributed by atoms with E-state index in [2.05, 4.69) is 9.71 Å². The topological polar surface area (TPSA) is 125 Å². The van der Waals surface area contributed by atoms with Crippen LogP contribution in [0, 0.1) is 0 Å². The van der Waals surface area contributed by atoms with Gasteiger partial charge in [-0.3, -0.25) is 4.79 Å². The minimum atomic E-state index is -3.52. The molecular formula is C14H19N3O4S. The van der Waals surface area contributed by atoms with Crippen molar-refractivity contribution in [1.29, 1.82) is 0 Å². The van der Waals surface area contributed by atoms with Crippen molar-refractivity contribution in [2.24, 2.45) is 5.73 Å². The van der Waals surface area contributed by atoms with Gasteiger partial charge in [-0.15, -0.1) is 0 Å². The first-order chi connectivity index (χ1) is 10.4. The number of rotatable bonds is 8. The molecule has 120 valence electrons. The summed E-state index contributed by atoms with van der Waals surface area (Å²) >= 11 is 0. The first-order valence-corrected chi connectivity index (χ1v) is 8.55. The molecule has 2 rings (SSSR count). The van der Waals surface area contributed by atoms with E-state index in [0.29, 0.717) is 6.42 Å². The molecule has 0 aliphatic rings. The predicted octanol–water partition coefficient (Wildman–Crippen LogP) is 0.432. The number of sulfonamides is 1. The normalized spacial score (nSPS) is 13.3. The summed E-state index contributed by atoms with van der Waals surface area (Å²) in [6, 6.07) is 8.61. The summed E-state index contributed by atoms with van der Waals surface area (Å²) in [4.78, 5) is 13.8. The number of H-pyrrole nitrogens is 1. The van der Waals surface area contributed by atoms with Gasteiger partial charge in [-0.25, -0.2) is 13.1 Å². The average molecular weight is 325 g/mol. The molecule has 0 unspecified atom stereocenters. The number of carbonyl (C=O) groups is 1. The number of benzene rings is 1. The summed E-state index contributed by atoms with van der Waals surface area (Å²) in [6.45, 7) is 0.247. The van der Waals surface area contributed by atoms with Crippen LogP contribution in [0.4, 0.5) is 0 Å². The summed E-state index contributed by atoms with van der Waals surface area (Å²) in [7, 11) is -3.52. The molecule has 0 radical (unpaired) electrons. The third-order valence-electron chi connectivity index (χ3n) is 3.32. The van der Waals surface area contributed by atoms with Crippen molar-refractivity contribution in [3.05, 3.63) is 36.0 Å². The quantitative estimate of drug-likeness (QED) is 0.560. The third kappa shape index (κ3) is 4.55. The molecule has 8 heteroatoms. The maximum atomic E-state index is 11.8. The molecule has 0 saturated carbocycles. The zero-order chi connectivity index (χ0) is 16.2. The Morgan fingerprint density at radius 2 is 2.09 bits per heavy atom. The Hall–Kier alpha value is -1.90. The van der Waals surface area contributed by atoms with Gasteiger partial charge in [0.25, 0.3) is 0 Å². The van der Waals surface area contributed by atoms with Gasteiger partial charge in [0.15, 0.2) is 0 Å². The zero-order valence-electron chi connectivity index (χ0n) is 12.0. The average Bonchev–Trinajstić information content (AvgIpc) is 2.87. The second-order valence-corrected chi connectivity index (χ2v) is 7.00. The number of aromatic nitrogens is 1. The van der Waals surface area contributed by atoms with Crippen LogP contribution in [0.5, 0.6) is 0 Å². The number of aliphatic carboxylic acids is 1. The van der Waals surface area contributed by atoms with E-state index in [1.165, 1.54) is 0 Å². The molecule has 1 aromatic carbocycles. The summed E-state index contributed by atoms with van der Waals surface area (Å²) in [5, 5.41) is 9.70. The highest BCUT2D eigenvalue weighted by Gasteiger charge is 2.17. The molecule has 0 fully saturated rings. The number of carboxylic acid groups (broad SMARTS) is 1. The number of carboxylic acids is 1. The van der Waals surface area contributed by atoms with Gasteiger partial charge in [0.05, 0.1) is 5.75 Å². The van der Waals surface area contributed by atoms with Crippen molar-refractivity contribution in [1.82, 2.24) is 9.71 Å². The van der Waals surface area contributed by atoms with Crippen LogP contribution in [-0.4, -0.2) is 42.8 Å². The molecule has 1 heterocycles. The summed E-state index contributed by atoms with van der Waals surface area (Å²) in [5.41, 5.74) is 7.23. The van der Waals surface area contributed by atoms with Crippen molar-refractivity contribution in [2.45, 2.75) is 18.9 Å². The number of fused-ring (bicyclic) bond motifs is 1. The van der Waals surface area contributed by atoms with Gasteiger partial charge in [0.2, 0.25) is 10.0 Å². The van der Waals surface area contributed by atoms with Crippen molar-refractivity contribution in [2.75, 3.05) is 12.3 Å². The van der Waals surface area contributed by atoms with Crippen LogP contribution in [0.2, 0.25) is 0 Å². The van der Waals surface area contributed by atoms with Crippen molar-refractivity contribution >= 4 is 26.9 Å². The van der Waals surface area contributed by atoms with Gasteiger partial charge in [0, 0.05) is 24.2 Å².